The second-order valence-electron chi connectivity index (χ2n) is 4.86. The Hall–Kier alpha value is -1.62. The molecule has 1 amide bonds. The van der Waals surface area contributed by atoms with Gasteiger partial charge in [0.1, 0.15) is 11.6 Å². The molecule has 1 aromatic rings. The largest absolute Gasteiger partial charge is 0.465 e. The Balaban J connectivity index is 1.85. The first-order chi connectivity index (χ1) is 9.24. The fourth-order valence-electron chi connectivity index (χ4n) is 2.48. The van der Waals surface area contributed by atoms with Gasteiger partial charge in [-0.2, -0.15) is 0 Å². The van der Waals surface area contributed by atoms with Crippen LogP contribution < -0.4 is 10.1 Å². The summed E-state index contributed by atoms with van der Waals surface area (Å²) >= 11 is 0. The predicted octanol–water partition coefficient (Wildman–Crippen LogP) is 2.62. The van der Waals surface area contributed by atoms with E-state index in [1.807, 2.05) is 0 Å². The van der Waals surface area contributed by atoms with E-state index in [0.29, 0.717) is 25.2 Å². The van der Waals surface area contributed by atoms with Crippen LogP contribution in [-0.2, 0) is 16.0 Å². The van der Waals surface area contributed by atoms with Crippen LogP contribution in [0.3, 0.4) is 0 Å². The van der Waals surface area contributed by atoms with Gasteiger partial charge in [-0.15, -0.1) is 0 Å². The first-order valence-electron chi connectivity index (χ1n) is 6.63. The van der Waals surface area contributed by atoms with E-state index < -0.39 is 5.82 Å². The number of fused-ring (bicyclic) bond motifs is 1. The lowest BCUT2D eigenvalue weighted by Gasteiger charge is -2.26. The molecule has 5 heteroatoms. The summed E-state index contributed by atoms with van der Waals surface area (Å²) in [7, 11) is 0. The van der Waals surface area contributed by atoms with E-state index >= 15 is 0 Å². The Morgan fingerprint density at radius 3 is 3.00 bits per heavy atom. The number of carbonyl (C=O) groups is 1. The van der Waals surface area contributed by atoms with Crippen molar-refractivity contribution in [2.45, 2.75) is 38.4 Å². The number of halogens is 1. The Kier molecular flexibility index (Phi) is 3.38. The molecule has 102 valence electrons. The van der Waals surface area contributed by atoms with Gasteiger partial charge in [0.15, 0.2) is 6.29 Å². The van der Waals surface area contributed by atoms with Gasteiger partial charge in [-0.1, -0.05) is 0 Å². The van der Waals surface area contributed by atoms with E-state index in [4.69, 9.17) is 9.47 Å². The summed E-state index contributed by atoms with van der Waals surface area (Å²) in [6.07, 6.45) is 3.57. The molecule has 19 heavy (non-hydrogen) atoms. The number of amides is 1. The molecule has 1 saturated heterocycles. The van der Waals surface area contributed by atoms with Crippen LogP contribution in [0, 0.1) is 5.82 Å². The van der Waals surface area contributed by atoms with Gasteiger partial charge in [-0.3, -0.25) is 4.79 Å². The predicted molar refractivity (Wildman–Crippen MR) is 67.6 cm³/mol. The first-order valence-corrected chi connectivity index (χ1v) is 6.63. The molecule has 2 aliphatic heterocycles. The van der Waals surface area contributed by atoms with Crippen molar-refractivity contribution in [3.63, 3.8) is 0 Å². The molecule has 0 spiro atoms. The van der Waals surface area contributed by atoms with Gasteiger partial charge in [0, 0.05) is 18.4 Å². The van der Waals surface area contributed by atoms with E-state index in [9.17, 15) is 9.18 Å². The maximum Gasteiger partial charge on any atom is 0.224 e. The lowest BCUT2D eigenvalue weighted by atomic mass is 10.0. The zero-order valence-electron chi connectivity index (χ0n) is 10.6. The smallest absolute Gasteiger partial charge is 0.224 e. The van der Waals surface area contributed by atoms with Crippen LogP contribution in [0.25, 0.3) is 0 Å². The van der Waals surface area contributed by atoms with Gasteiger partial charge in [-0.25, -0.2) is 4.39 Å². The van der Waals surface area contributed by atoms with E-state index in [2.05, 4.69) is 5.32 Å². The summed E-state index contributed by atoms with van der Waals surface area (Å²) in [5.74, 6) is 0.0423. The molecule has 1 N–H and O–H groups in total. The Labute approximate surface area is 110 Å². The topological polar surface area (TPSA) is 47.6 Å². The molecule has 2 heterocycles. The van der Waals surface area contributed by atoms with Crippen molar-refractivity contribution in [3.8, 4) is 5.75 Å². The Bertz CT molecular complexity index is 498. The molecule has 1 unspecified atom stereocenters. The van der Waals surface area contributed by atoms with Crippen LogP contribution >= 0.6 is 0 Å². The third-order valence-corrected chi connectivity index (χ3v) is 3.48. The van der Waals surface area contributed by atoms with E-state index in [1.165, 1.54) is 6.07 Å². The number of nitrogens with one attached hydrogen (secondary N) is 1. The molecular weight excluding hydrogens is 249 g/mol. The summed E-state index contributed by atoms with van der Waals surface area (Å²) < 4.78 is 25.0. The van der Waals surface area contributed by atoms with Crippen molar-refractivity contribution in [1.82, 2.24) is 0 Å². The summed E-state index contributed by atoms with van der Waals surface area (Å²) in [5.41, 5.74) is 0.985. The Morgan fingerprint density at radius 2 is 2.21 bits per heavy atom. The maximum absolute atomic E-state index is 13.7. The quantitative estimate of drug-likeness (QED) is 0.894. The maximum atomic E-state index is 13.7. The first kappa shape index (κ1) is 12.4. The molecule has 1 aromatic carbocycles. The van der Waals surface area contributed by atoms with Gasteiger partial charge >= 0.3 is 0 Å². The van der Waals surface area contributed by atoms with Gasteiger partial charge in [-0.05, 0) is 31.4 Å². The van der Waals surface area contributed by atoms with Crippen molar-refractivity contribution >= 4 is 11.6 Å². The van der Waals surface area contributed by atoms with Crippen molar-refractivity contribution in [3.05, 3.63) is 23.5 Å². The van der Waals surface area contributed by atoms with Gasteiger partial charge in [0.05, 0.1) is 12.3 Å². The van der Waals surface area contributed by atoms with Gasteiger partial charge in [0.2, 0.25) is 5.91 Å². The molecule has 3 rings (SSSR count). The molecule has 0 radical (unpaired) electrons. The lowest BCUT2D eigenvalue weighted by molar-refractivity contribution is -0.116. The van der Waals surface area contributed by atoms with Crippen LogP contribution in [-0.4, -0.2) is 18.8 Å². The highest BCUT2D eigenvalue weighted by Gasteiger charge is 2.24. The Morgan fingerprint density at radius 1 is 1.32 bits per heavy atom. The summed E-state index contributed by atoms with van der Waals surface area (Å²) in [5, 5.41) is 2.57. The van der Waals surface area contributed by atoms with Crippen LogP contribution in [0.2, 0.25) is 0 Å². The van der Waals surface area contributed by atoms with E-state index in [1.54, 1.807) is 6.07 Å². The number of benzene rings is 1. The number of ether oxygens (including phenoxy) is 2. The van der Waals surface area contributed by atoms with Crippen molar-refractivity contribution < 1.29 is 18.7 Å². The fourth-order valence-corrected chi connectivity index (χ4v) is 2.48. The highest BCUT2D eigenvalue weighted by molar-refractivity contribution is 5.94. The minimum Gasteiger partial charge on any atom is -0.465 e. The summed E-state index contributed by atoms with van der Waals surface area (Å²) in [6, 6.07) is 2.94. The minimum atomic E-state index is -0.417. The minimum absolute atomic E-state index is 0.155. The van der Waals surface area contributed by atoms with Crippen molar-refractivity contribution in [2.75, 3.05) is 11.9 Å². The van der Waals surface area contributed by atoms with E-state index in [-0.39, 0.29) is 17.9 Å². The number of anilines is 1. The highest BCUT2D eigenvalue weighted by atomic mass is 19.1. The number of hydrogen-bond donors (Lipinski definition) is 1. The van der Waals surface area contributed by atoms with Crippen molar-refractivity contribution in [2.24, 2.45) is 0 Å². The zero-order valence-corrected chi connectivity index (χ0v) is 10.6. The molecule has 2 aliphatic rings. The highest BCUT2D eigenvalue weighted by Crippen LogP contribution is 2.34. The second-order valence-corrected chi connectivity index (χ2v) is 4.86. The van der Waals surface area contributed by atoms with Crippen LogP contribution in [0.1, 0.15) is 31.2 Å². The molecule has 0 bridgehead atoms. The third kappa shape index (κ3) is 2.56. The summed E-state index contributed by atoms with van der Waals surface area (Å²) in [6.45, 7) is 0.699. The van der Waals surface area contributed by atoms with Gasteiger partial charge in [0.25, 0.3) is 0 Å². The number of carbonyl (C=O) groups excluding carboxylic acids is 1. The normalized spacial score (nSPS) is 22.6. The molecule has 0 aromatic heterocycles. The summed E-state index contributed by atoms with van der Waals surface area (Å²) in [4.78, 5) is 11.3. The zero-order chi connectivity index (χ0) is 13.2. The third-order valence-electron chi connectivity index (χ3n) is 3.48. The van der Waals surface area contributed by atoms with E-state index in [0.717, 1.165) is 24.8 Å². The SMILES string of the molecule is O=C1CCc2c(OC3CCCCO3)ccc(F)c2N1. The number of hydrogen-bond acceptors (Lipinski definition) is 3. The van der Waals surface area contributed by atoms with Gasteiger partial charge < -0.3 is 14.8 Å². The molecule has 1 fully saturated rings. The second kappa shape index (κ2) is 5.17. The average molecular weight is 265 g/mol. The standard InChI is InChI=1S/C14H16FNO3/c15-10-5-6-11(19-13-3-1-2-8-18-13)9-4-7-12(17)16-14(9)10/h5-6,13H,1-4,7-8H2,(H,16,17). The van der Waals surface area contributed by atoms with Crippen LogP contribution in [0.15, 0.2) is 12.1 Å². The monoisotopic (exact) mass is 265 g/mol. The van der Waals surface area contributed by atoms with Crippen LogP contribution in [0.4, 0.5) is 10.1 Å². The molecule has 4 nitrogen and oxygen atoms in total. The van der Waals surface area contributed by atoms with Crippen LogP contribution in [0.5, 0.6) is 5.75 Å². The molecular formula is C14H16FNO3. The molecule has 1 atom stereocenters. The van der Waals surface area contributed by atoms with Crippen molar-refractivity contribution in [1.29, 1.82) is 0 Å². The molecule has 0 saturated carbocycles. The number of rotatable bonds is 2. The molecule has 0 aliphatic carbocycles. The lowest BCUT2D eigenvalue weighted by Crippen LogP contribution is -2.27. The fraction of sp³-hybridized carbons (Fsp3) is 0.500. The average Bonchev–Trinajstić information content (AvgIpc) is 2.43.